The predicted octanol–water partition coefficient (Wildman–Crippen LogP) is 4.21. The van der Waals surface area contributed by atoms with Gasteiger partial charge in [-0.1, -0.05) is 20.8 Å². The molecule has 156 valence electrons. The molecule has 0 aliphatic heterocycles. The third-order valence-corrected chi connectivity index (χ3v) is 4.17. The summed E-state index contributed by atoms with van der Waals surface area (Å²) in [6.45, 7) is 9.52. The fourth-order valence-corrected chi connectivity index (χ4v) is 2.63. The fourth-order valence-electron chi connectivity index (χ4n) is 2.63. The Kier molecular flexibility index (Phi) is 11.5. The highest BCUT2D eigenvalue weighted by atomic mass is 127. The molecule has 0 radical (unpaired) electrons. The third kappa shape index (κ3) is 8.45. The lowest BCUT2D eigenvalue weighted by atomic mass is 9.89. The number of nitrogens with zero attached hydrogens (tertiary/aromatic N) is 1. The van der Waals surface area contributed by atoms with Crippen molar-refractivity contribution in [2.75, 3.05) is 28.4 Å². The van der Waals surface area contributed by atoms with Gasteiger partial charge in [0.25, 0.3) is 0 Å². The zero-order valence-corrected chi connectivity index (χ0v) is 20.3. The second-order valence-electron chi connectivity index (χ2n) is 7.56. The first-order valence-corrected chi connectivity index (χ1v) is 9.00. The topological polar surface area (TPSA) is 64.1 Å². The highest BCUT2D eigenvalue weighted by Gasteiger charge is 2.17. The van der Waals surface area contributed by atoms with Crippen LogP contribution in [0.4, 0.5) is 0 Å². The molecule has 0 saturated carbocycles. The lowest BCUT2D eigenvalue weighted by Gasteiger charge is -2.23. The summed E-state index contributed by atoms with van der Waals surface area (Å²) in [5.41, 5.74) is 1.30. The molecule has 7 heteroatoms. The summed E-state index contributed by atoms with van der Waals surface area (Å²) >= 11 is 0. The van der Waals surface area contributed by atoms with Crippen LogP contribution in [0.15, 0.2) is 17.1 Å². The highest BCUT2D eigenvalue weighted by Crippen LogP contribution is 2.39. The van der Waals surface area contributed by atoms with E-state index < -0.39 is 0 Å². The predicted molar refractivity (Wildman–Crippen MR) is 123 cm³/mol. The van der Waals surface area contributed by atoms with Crippen LogP contribution < -0.4 is 24.8 Å². The lowest BCUT2D eigenvalue weighted by molar-refractivity contribution is 0.322. The van der Waals surface area contributed by atoms with Gasteiger partial charge in [0.2, 0.25) is 5.75 Å². The molecule has 2 N–H and O–H groups in total. The standard InChI is InChI=1S/C20H35N3O3.HI/c1-14(11-12-20(2,3)4)23-19(21-5)22-13-15-9-10-16(24-6)18(26-8)17(15)25-7;/h9-10,14H,11-13H2,1-8H3,(H2,21,22,23);1H. The van der Waals surface area contributed by atoms with Crippen molar-refractivity contribution in [2.45, 2.75) is 53.1 Å². The molecule has 0 spiro atoms. The van der Waals surface area contributed by atoms with Gasteiger partial charge in [-0.3, -0.25) is 4.99 Å². The Morgan fingerprint density at radius 2 is 1.70 bits per heavy atom. The highest BCUT2D eigenvalue weighted by molar-refractivity contribution is 14.0. The molecule has 0 amide bonds. The molecular formula is C20H36IN3O3. The number of ether oxygens (including phenoxy) is 3. The summed E-state index contributed by atoms with van der Waals surface area (Å²) in [4.78, 5) is 4.32. The molecule has 0 bridgehead atoms. The van der Waals surface area contributed by atoms with Gasteiger partial charge in [-0.15, -0.1) is 24.0 Å². The lowest BCUT2D eigenvalue weighted by Crippen LogP contribution is -2.42. The van der Waals surface area contributed by atoms with Gasteiger partial charge < -0.3 is 24.8 Å². The van der Waals surface area contributed by atoms with E-state index in [0.29, 0.717) is 35.3 Å². The van der Waals surface area contributed by atoms with E-state index in [0.717, 1.165) is 24.4 Å². The van der Waals surface area contributed by atoms with Crippen LogP contribution in [0, 0.1) is 5.41 Å². The van der Waals surface area contributed by atoms with E-state index in [4.69, 9.17) is 14.2 Å². The van der Waals surface area contributed by atoms with Gasteiger partial charge in [0.1, 0.15) is 0 Å². The van der Waals surface area contributed by atoms with E-state index >= 15 is 0 Å². The van der Waals surface area contributed by atoms with Gasteiger partial charge >= 0.3 is 0 Å². The van der Waals surface area contributed by atoms with Crippen LogP contribution in [-0.4, -0.2) is 40.4 Å². The molecule has 6 nitrogen and oxygen atoms in total. The van der Waals surface area contributed by atoms with Gasteiger partial charge in [-0.25, -0.2) is 0 Å². The van der Waals surface area contributed by atoms with Gasteiger partial charge in [0.05, 0.1) is 21.3 Å². The molecular weight excluding hydrogens is 457 g/mol. The number of methoxy groups -OCH3 is 3. The second-order valence-corrected chi connectivity index (χ2v) is 7.56. The molecule has 0 aliphatic carbocycles. The van der Waals surface area contributed by atoms with Crippen molar-refractivity contribution < 1.29 is 14.2 Å². The molecule has 1 atom stereocenters. The Labute approximate surface area is 181 Å². The van der Waals surface area contributed by atoms with Crippen molar-refractivity contribution in [2.24, 2.45) is 10.4 Å². The Morgan fingerprint density at radius 3 is 2.19 bits per heavy atom. The normalized spacial score (nSPS) is 12.7. The number of nitrogens with one attached hydrogen (secondary N) is 2. The molecule has 0 saturated heterocycles. The monoisotopic (exact) mass is 493 g/mol. The molecule has 0 aliphatic rings. The smallest absolute Gasteiger partial charge is 0.203 e. The maximum absolute atomic E-state index is 5.53. The number of hydrogen-bond donors (Lipinski definition) is 2. The van der Waals surface area contributed by atoms with Crippen LogP contribution >= 0.6 is 24.0 Å². The number of hydrogen-bond acceptors (Lipinski definition) is 4. The third-order valence-electron chi connectivity index (χ3n) is 4.17. The van der Waals surface area contributed by atoms with Gasteiger partial charge in [0, 0.05) is 25.2 Å². The summed E-state index contributed by atoms with van der Waals surface area (Å²) in [7, 11) is 6.62. The first-order valence-electron chi connectivity index (χ1n) is 9.00. The Morgan fingerprint density at radius 1 is 1.07 bits per heavy atom. The number of guanidine groups is 1. The Bertz CT molecular complexity index is 601. The maximum atomic E-state index is 5.53. The number of halogens is 1. The van der Waals surface area contributed by atoms with Gasteiger partial charge in [0.15, 0.2) is 17.5 Å². The van der Waals surface area contributed by atoms with Crippen LogP contribution in [0.2, 0.25) is 0 Å². The van der Waals surface area contributed by atoms with Crippen LogP contribution in [0.25, 0.3) is 0 Å². The van der Waals surface area contributed by atoms with Crippen molar-refractivity contribution in [3.8, 4) is 17.2 Å². The van der Waals surface area contributed by atoms with Crippen LogP contribution in [0.5, 0.6) is 17.2 Å². The SMILES string of the molecule is CN=C(NCc1ccc(OC)c(OC)c1OC)NC(C)CCC(C)(C)C.I. The maximum Gasteiger partial charge on any atom is 0.203 e. The van der Waals surface area contributed by atoms with Crippen molar-refractivity contribution >= 4 is 29.9 Å². The minimum absolute atomic E-state index is 0. The van der Waals surface area contributed by atoms with Crippen LogP contribution in [0.3, 0.4) is 0 Å². The number of aliphatic imine (C=N–C) groups is 1. The quantitative estimate of drug-likeness (QED) is 0.323. The minimum Gasteiger partial charge on any atom is -0.493 e. The molecule has 1 aromatic rings. The summed E-state index contributed by atoms with van der Waals surface area (Å²) in [6.07, 6.45) is 2.24. The summed E-state index contributed by atoms with van der Waals surface area (Å²) in [5, 5.41) is 6.78. The van der Waals surface area contributed by atoms with Crippen LogP contribution in [-0.2, 0) is 6.54 Å². The van der Waals surface area contributed by atoms with E-state index in [-0.39, 0.29) is 24.0 Å². The van der Waals surface area contributed by atoms with E-state index in [9.17, 15) is 0 Å². The first kappa shape index (κ1) is 25.6. The van der Waals surface area contributed by atoms with E-state index in [1.807, 2.05) is 12.1 Å². The summed E-state index contributed by atoms with van der Waals surface area (Å²) in [5.74, 6) is 2.67. The summed E-state index contributed by atoms with van der Waals surface area (Å²) < 4.78 is 16.3. The fraction of sp³-hybridized carbons (Fsp3) is 0.650. The van der Waals surface area contributed by atoms with Crippen molar-refractivity contribution in [1.82, 2.24) is 10.6 Å². The molecule has 1 unspecified atom stereocenters. The molecule has 1 rings (SSSR count). The Hall–Kier alpha value is -1.38. The zero-order valence-electron chi connectivity index (χ0n) is 17.9. The van der Waals surface area contributed by atoms with Crippen molar-refractivity contribution in [1.29, 1.82) is 0 Å². The molecule has 27 heavy (non-hydrogen) atoms. The van der Waals surface area contributed by atoms with Crippen molar-refractivity contribution in [3.05, 3.63) is 17.7 Å². The zero-order chi connectivity index (χ0) is 19.7. The average molecular weight is 493 g/mol. The Balaban J connectivity index is 0.00000676. The van der Waals surface area contributed by atoms with E-state index in [1.54, 1.807) is 28.4 Å². The van der Waals surface area contributed by atoms with E-state index in [2.05, 4.69) is 43.3 Å². The summed E-state index contributed by atoms with van der Waals surface area (Å²) in [6, 6.07) is 4.18. The second kappa shape index (κ2) is 12.2. The number of benzene rings is 1. The van der Waals surface area contributed by atoms with Crippen LogP contribution in [0.1, 0.15) is 46.1 Å². The van der Waals surface area contributed by atoms with Crippen molar-refractivity contribution in [3.63, 3.8) is 0 Å². The molecule has 1 aromatic carbocycles. The first-order chi connectivity index (χ1) is 12.3. The molecule has 0 aromatic heterocycles. The largest absolute Gasteiger partial charge is 0.493 e. The molecule has 0 fully saturated rings. The minimum atomic E-state index is 0. The molecule has 0 heterocycles. The average Bonchev–Trinajstić information content (AvgIpc) is 2.61. The van der Waals surface area contributed by atoms with Gasteiger partial charge in [-0.05, 0) is 37.3 Å². The van der Waals surface area contributed by atoms with E-state index in [1.165, 1.54) is 0 Å². The van der Waals surface area contributed by atoms with Gasteiger partial charge in [-0.2, -0.15) is 0 Å². The number of rotatable bonds is 8.